The van der Waals surface area contributed by atoms with Crippen LogP contribution in [-0.2, 0) is 5.33 Å². The van der Waals surface area contributed by atoms with Crippen LogP contribution in [0.2, 0.25) is 5.02 Å². The lowest BCUT2D eigenvalue weighted by Gasteiger charge is -2.10. The molecule has 0 saturated heterocycles. The van der Waals surface area contributed by atoms with Gasteiger partial charge in [-0.2, -0.15) is 5.26 Å². The summed E-state index contributed by atoms with van der Waals surface area (Å²) in [6.07, 6.45) is 2.35. The van der Waals surface area contributed by atoms with E-state index in [2.05, 4.69) is 22.0 Å². The highest BCUT2D eigenvalue weighted by Gasteiger charge is 2.06. The minimum atomic E-state index is 0.588. The maximum absolute atomic E-state index is 8.39. The van der Waals surface area contributed by atoms with Crippen molar-refractivity contribution in [1.82, 2.24) is 0 Å². The van der Waals surface area contributed by atoms with Crippen molar-refractivity contribution in [3.63, 3.8) is 0 Å². The third kappa shape index (κ3) is 4.03. The summed E-state index contributed by atoms with van der Waals surface area (Å²) in [5.74, 6) is 0.821. The van der Waals surface area contributed by atoms with Gasteiger partial charge in [0.2, 0.25) is 0 Å². The van der Waals surface area contributed by atoms with E-state index in [-0.39, 0.29) is 0 Å². The van der Waals surface area contributed by atoms with E-state index < -0.39 is 0 Å². The third-order valence-corrected chi connectivity index (χ3v) is 3.06. The molecule has 1 aromatic rings. The third-order valence-electron chi connectivity index (χ3n) is 2.15. The van der Waals surface area contributed by atoms with Crippen LogP contribution in [0, 0.1) is 11.3 Å². The van der Waals surface area contributed by atoms with Crippen LogP contribution in [0.15, 0.2) is 18.2 Å². The van der Waals surface area contributed by atoms with Gasteiger partial charge in [0.05, 0.1) is 12.7 Å². The molecule has 0 radical (unpaired) electrons. The Balaban J connectivity index is 2.47. The number of unbranched alkanes of at least 4 members (excludes halogenated alkanes) is 2. The van der Waals surface area contributed by atoms with Crippen molar-refractivity contribution >= 4 is 27.5 Å². The van der Waals surface area contributed by atoms with Gasteiger partial charge in [-0.3, -0.25) is 0 Å². The maximum atomic E-state index is 8.39. The largest absolute Gasteiger partial charge is 0.493 e. The van der Waals surface area contributed by atoms with Gasteiger partial charge in [-0.15, -0.1) is 0 Å². The summed E-state index contributed by atoms with van der Waals surface area (Å²) < 4.78 is 5.63. The fraction of sp³-hybridized carbons (Fsp3) is 0.417. The van der Waals surface area contributed by atoms with Crippen LogP contribution in [0.5, 0.6) is 5.75 Å². The van der Waals surface area contributed by atoms with Crippen LogP contribution in [-0.4, -0.2) is 6.61 Å². The summed E-state index contributed by atoms with van der Waals surface area (Å²) in [6, 6.07) is 7.75. The summed E-state index contributed by atoms with van der Waals surface area (Å²) in [5, 5.41) is 9.78. The van der Waals surface area contributed by atoms with Gasteiger partial charge < -0.3 is 4.74 Å². The van der Waals surface area contributed by atoms with Gasteiger partial charge in [0.15, 0.2) is 0 Å². The van der Waals surface area contributed by atoms with Gasteiger partial charge >= 0.3 is 0 Å². The minimum Gasteiger partial charge on any atom is -0.493 e. The number of halogens is 2. The number of alkyl halides is 1. The molecule has 1 rings (SSSR count). The molecular formula is C12H13BrClNO. The first-order valence-corrected chi connectivity index (χ1v) is 6.62. The number of hydrogen-bond acceptors (Lipinski definition) is 2. The van der Waals surface area contributed by atoms with Crippen LogP contribution in [0.4, 0.5) is 0 Å². The van der Waals surface area contributed by atoms with Crippen molar-refractivity contribution in [3.05, 3.63) is 28.8 Å². The lowest BCUT2D eigenvalue weighted by atomic mass is 10.2. The first kappa shape index (κ1) is 13.3. The molecule has 4 heteroatoms. The van der Waals surface area contributed by atoms with Crippen molar-refractivity contribution < 1.29 is 4.74 Å². The van der Waals surface area contributed by atoms with Gasteiger partial charge in [-0.1, -0.05) is 33.6 Å². The Morgan fingerprint density at radius 2 is 2.19 bits per heavy atom. The second kappa shape index (κ2) is 7.54. The van der Waals surface area contributed by atoms with Crippen molar-refractivity contribution in [2.24, 2.45) is 0 Å². The number of ether oxygens (including phenoxy) is 1. The predicted octanol–water partition coefficient (Wildman–Crippen LogP) is 4.31. The monoisotopic (exact) mass is 301 g/mol. The average Bonchev–Trinajstić information content (AvgIpc) is 2.29. The molecule has 0 fully saturated rings. The Morgan fingerprint density at radius 3 is 2.88 bits per heavy atom. The molecule has 0 unspecified atom stereocenters. The summed E-state index contributed by atoms with van der Waals surface area (Å²) in [4.78, 5) is 0. The molecular weight excluding hydrogens is 289 g/mol. The van der Waals surface area contributed by atoms with Gasteiger partial charge in [0.25, 0.3) is 0 Å². The van der Waals surface area contributed by atoms with E-state index >= 15 is 0 Å². The SMILES string of the molecule is N#CCCCCOc1cccc(Cl)c1CBr. The number of nitrogens with zero attached hydrogens (tertiary/aromatic N) is 1. The lowest BCUT2D eigenvalue weighted by molar-refractivity contribution is 0.305. The summed E-state index contributed by atoms with van der Waals surface area (Å²) >= 11 is 9.42. The second-order valence-corrected chi connectivity index (χ2v) is 4.28. The molecule has 0 spiro atoms. The topological polar surface area (TPSA) is 33.0 Å². The molecule has 0 N–H and O–H groups in total. The van der Waals surface area contributed by atoms with Crippen LogP contribution in [0.25, 0.3) is 0 Å². The van der Waals surface area contributed by atoms with E-state index in [0.717, 1.165) is 24.2 Å². The molecule has 0 atom stereocenters. The fourth-order valence-corrected chi connectivity index (χ4v) is 2.26. The molecule has 0 aliphatic carbocycles. The normalized spacial score (nSPS) is 9.81. The van der Waals surface area contributed by atoms with Crippen molar-refractivity contribution in [2.45, 2.75) is 24.6 Å². The molecule has 2 nitrogen and oxygen atoms in total. The highest BCUT2D eigenvalue weighted by Crippen LogP contribution is 2.28. The Hall–Kier alpha value is -0.720. The maximum Gasteiger partial charge on any atom is 0.124 e. The van der Waals surface area contributed by atoms with Crippen molar-refractivity contribution in [3.8, 4) is 11.8 Å². The lowest BCUT2D eigenvalue weighted by Crippen LogP contribution is -1.99. The Morgan fingerprint density at radius 1 is 1.38 bits per heavy atom. The van der Waals surface area contributed by atoms with Crippen LogP contribution >= 0.6 is 27.5 Å². The standard InChI is InChI=1S/C12H13BrClNO/c13-9-10-11(14)5-4-6-12(10)16-8-3-1-2-7-15/h4-6H,1-3,8-9H2. The van der Waals surface area contributed by atoms with Crippen LogP contribution < -0.4 is 4.74 Å². The van der Waals surface area contributed by atoms with Gasteiger partial charge in [0.1, 0.15) is 5.75 Å². The van der Waals surface area contributed by atoms with Crippen molar-refractivity contribution in [2.75, 3.05) is 6.61 Å². The van der Waals surface area contributed by atoms with E-state index in [1.54, 1.807) is 0 Å². The molecule has 0 heterocycles. The Labute approximate surface area is 109 Å². The molecule has 0 aliphatic heterocycles. The molecule has 0 amide bonds. The van der Waals surface area contributed by atoms with Crippen molar-refractivity contribution in [1.29, 1.82) is 5.26 Å². The average molecular weight is 303 g/mol. The van der Waals surface area contributed by atoms with Crippen LogP contribution in [0.1, 0.15) is 24.8 Å². The highest BCUT2D eigenvalue weighted by atomic mass is 79.9. The summed E-state index contributed by atoms with van der Waals surface area (Å²) in [5.41, 5.74) is 0.976. The predicted molar refractivity (Wildman–Crippen MR) is 69.0 cm³/mol. The smallest absolute Gasteiger partial charge is 0.124 e. The zero-order valence-electron chi connectivity index (χ0n) is 8.88. The number of nitriles is 1. The molecule has 0 aromatic heterocycles. The van der Waals surface area contributed by atoms with E-state index in [9.17, 15) is 0 Å². The Kier molecular flexibility index (Phi) is 6.29. The molecule has 0 bridgehead atoms. The van der Waals surface area contributed by atoms with Gasteiger partial charge in [-0.05, 0) is 25.0 Å². The second-order valence-electron chi connectivity index (χ2n) is 3.31. The molecule has 1 aromatic carbocycles. The molecule has 86 valence electrons. The van der Waals surface area contributed by atoms with Crippen LogP contribution in [0.3, 0.4) is 0 Å². The molecule has 0 saturated carbocycles. The Bertz CT molecular complexity index is 376. The minimum absolute atomic E-state index is 0.588. The highest BCUT2D eigenvalue weighted by molar-refractivity contribution is 9.08. The van der Waals surface area contributed by atoms with Gasteiger partial charge in [-0.25, -0.2) is 0 Å². The van der Waals surface area contributed by atoms with E-state index in [4.69, 9.17) is 21.6 Å². The number of hydrogen-bond donors (Lipinski definition) is 0. The summed E-state index contributed by atoms with van der Waals surface area (Å²) in [7, 11) is 0. The molecule has 0 aliphatic rings. The van der Waals surface area contributed by atoms with Gasteiger partial charge in [0, 0.05) is 22.3 Å². The fourth-order valence-electron chi connectivity index (χ4n) is 1.29. The molecule has 16 heavy (non-hydrogen) atoms. The van der Waals surface area contributed by atoms with E-state index in [1.165, 1.54) is 0 Å². The first-order chi connectivity index (χ1) is 7.79. The summed E-state index contributed by atoms with van der Waals surface area (Å²) in [6.45, 7) is 0.627. The zero-order chi connectivity index (χ0) is 11.8. The zero-order valence-corrected chi connectivity index (χ0v) is 11.2. The first-order valence-electron chi connectivity index (χ1n) is 5.12. The van der Waals surface area contributed by atoms with E-state index in [1.807, 2.05) is 18.2 Å². The number of benzene rings is 1. The number of rotatable bonds is 6. The quantitative estimate of drug-likeness (QED) is 0.579. The van der Waals surface area contributed by atoms with E-state index in [0.29, 0.717) is 23.4 Å².